The Balaban J connectivity index is 1.79. The highest BCUT2D eigenvalue weighted by atomic mass is 16.5. The predicted molar refractivity (Wildman–Crippen MR) is 68.1 cm³/mol. The average molecular weight is 237 g/mol. The molecule has 0 amide bonds. The van der Waals surface area contributed by atoms with Crippen molar-refractivity contribution in [2.24, 2.45) is 0 Å². The number of para-hydroxylation sites is 1. The fourth-order valence-electron chi connectivity index (χ4n) is 1.69. The monoisotopic (exact) mass is 237 g/mol. The van der Waals surface area contributed by atoms with E-state index in [2.05, 4.69) is 15.0 Å². The Hall–Kier alpha value is -2.49. The van der Waals surface area contributed by atoms with Gasteiger partial charge in [0, 0.05) is 17.8 Å². The Bertz CT molecular complexity index is 655. The third kappa shape index (κ3) is 2.27. The van der Waals surface area contributed by atoms with E-state index < -0.39 is 0 Å². The zero-order valence-electron chi connectivity index (χ0n) is 9.65. The van der Waals surface area contributed by atoms with Gasteiger partial charge >= 0.3 is 0 Å². The van der Waals surface area contributed by atoms with E-state index in [-0.39, 0.29) is 0 Å². The zero-order valence-corrected chi connectivity index (χ0v) is 9.65. The molecule has 0 aliphatic carbocycles. The van der Waals surface area contributed by atoms with Gasteiger partial charge in [0.15, 0.2) is 0 Å². The van der Waals surface area contributed by atoms with Crippen molar-refractivity contribution >= 4 is 10.9 Å². The van der Waals surface area contributed by atoms with Crippen molar-refractivity contribution in [3.05, 3.63) is 60.8 Å². The molecule has 0 aliphatic heterocycles. The van der Waals surface area contributed by atoms with E-state index in [4.69, 9.17) is 4.74 Å². The molecule has 0 N–H and O–H groups in total. The first-order valence-corrected chi connectivity index (χ1v) is 5.64. The third-order valence-corrected chi connectivity index (χ3v) is 2.57. The Morgan fingerprint density at radius 1 is 1.00 bits per heavy atom. The number of hydrogen-bond donors (Lipinski definition) is 0. The van der Waals surface area contributed by atoms with Crippen molar-refractivity contribution in [2.75, 3.05) is 0 Å². The smallest absolute Gasteiger partial charge is 0.138 e. The summed E-state index contributed by atoms with van der Waals surface area (Å²) < 4.78 is 5.64. The Labute approximate surface area is 104 Å². The van der Waals surface area contributed by atoms with Crippen molar-refractivity contribution in [1.82, 2.24) is 15.0 Å². The highest BCUT2D eigenvalue weighted by Gasteiger charge is 1.99. The quantitative estimate of drug-likeness (QED) is 0.702. The molecule has 0 radical (unpaired) electrons. The number of rotatable bonds is 3. The fourth-order valence-corrected chi connectivity index (χ4v) is 1.69. The molecule has 0 bridgehead atoms. The van der Waals surface area contributed by atoms with Crippen molar-refractivity contribution in [2.45, 2.75) is 6.61 Å². The molecule has 0 aliphatic rings. The van der Waals surface area contributed by atoms with Gasteiger partial charge in [-0.1, -0.05) is 18.2 Å². The van der Waals surface area contributed by atoms with Gasteiger partial charge in [-0.3, -0.25) is 15.0 Å². The van der Waals surface area contributed by atoms with Gasteiger partial charge in [0.1, 0.15) is 12.4 Å². The summed E-state index contributed by atoms with van der Waals surface area (Å²) in [5.41, 5.74) is 1.76. The highest BCUT2D eigenvalue weighted by Crippen LogP contribution is 2.18. The Kier molecular flexibility index (Phi) is 2.84. The van der Waals surface area contributed by atoms with E-state index in [1.165, 1.54) is 0 Å². The van der Waals surface area contributed by atoms with E-state index in [0.29, 0.717) is 6.61 Å². The van der Waals surface area contributed by atoms with Crippen LogP contribution in [-0.4, -0.2) is 15.0 Å². The minimum atomic E-state index is 0.397. The zero-order chi connectivity index (χ0) is 12.2. The van der Waals surface area contributed by atoms with Gasteiger partial charge in [0.05, 0.1) is 23.6 Å². The number of pyridine rings is 1. The molecule has 0 fully saturated rings. The van der Waals surface area contributed by atoms with Crippen LogP contribution in [0.4, 0.5) is 0 Å². The molecule has 2 heterocycles. The van der Waals surface area contributed by atoms with Gasteiger partial charge in [-0.2, -0.15) is 0 Å². The molecule has 3 rings (SSSR count). The second-order valence-corrected chi connectivity index (χ2v) is 3.85. The van der Waals surface area contributed by atoms with Gasteiger partial charge in [0.25, 0.3) is 0 Å². The number of ether oxygens (including phenoxy) is 1. The summed E-state index contributed by atoms with van der Waals surface area (Å²) >= 11 is 0. The van der Waals surface area contributed by atoms with E-state index in [9.17, 15) is 0 Å². The Morgan fingerprint density at radius 2 is 1.94 bits per heavy atom. The molecule has 3 aromatic rings. The van der Waals surface area contributed by atoms with Gasteiger partial charge < -0.3 is 4.74 Å². The van der Waals surface area contributed by atoms with Gasteiger partial charge in [-0.15, -0.1) is 0 Å². The second-order valence-electron chi connectivity index (χ2n) is 3.85. The lowest BCUT2D eigenvalue weighted by Crippen LogP contribution is -1.98. The van der Waals surface area contributed by atoms with Crippen LogP contribution in [0.15, 0.2) is 55.1 Å². The second kappa shape index (κ2) is 4.79. The largest absolute Gasteiger partial charge is 0.486 e. The van der Waals surface area contributed by atoms with Gasteiger partial charge in [-0.05, 0) is 12.1 Å². The molecular weight excluding hydrogens is 226 g/mol. The first kappa shape index (κ1) is 10.7. The maximum atomic E-state index is 5.64. The van der Waals surface area contributed by atoms with Crippen LogP contribution in [0.1, 0.15) is 5.69 Å². The van der Waals surface area contributed by atoms with Crippen LogP contribution in [0.2, 0.25) is 0 Å². The van der Waals surface area contributed by atoms with E-state index >= 15 is 0 Å². The molecule has 0 unspecified atom stereocenters. The normalized spacial score (nSPS) is 10.4. The van der Waals surface area contributed by atoms with Crippen LogP contribution in [-0.2, 0) is 6.61 Å². The molecular formula is C14H11N3O. The number of benzene rings is 1. The SMILES string of the molecule is c1ccc2ncc(OCc3cnccn3)cc2c1. The summed E-state index contributed by atoms with van der Waals surface area (Å²) in [7, 11) is 0. The van der Waals surface area contributed by atoms with Crippen LogP contribution in [0, 0.1) is 0 Å². The topological polar surface area (TPSA) is 47.9 Å². The lowest BCUT2D eigenvalue weighted by molar-refractivity contribution is 0.300. The van der Waals surface area contributed by atoms with Gasteiger partial charge in [0.2, 0.25) is 0 Å². The average Bonchev–Trinajstić information content (AvgIpc) is 2.46. The van der Waals surface area contributed by atoms with Gasteiger partial charge in [-0.25, -0.2) is 0 Å². The molecule has 0 spiro atoms. The van der Waals surface area contributed by atoms with Crippen LogP contribution >= 0.6 is 0 Å². The van der Waals surface area contributed by atoms with E-state index in [0.717, 1.165) is 22.3 Å². The van der Waals surface area contributed by atoms with Crippen LogP contribution < -0.4 is 4.74 Å². The molecule has 2 aromatic heterocycles. The van der Waals surface area contributed by atoms with Crippen molar-refractivity contribution in [3.8, 4) is 5.75 Å². The summed E-state index contributed by atoms with van der Waals surface area (Å²) in [5, 5.41) is 1.06. The van der Waals surface area contributed by atoms with Crippen LogP contribution in [0.25, 0.3) is 10.9 Å². The van der Waals surface area contributed by atoms with Crippen molar-refractivity contribution in [1.29, 1.82) is 0 Å². The molecule has 0 atom stereocenters. The predicted octanol–water partition coefficient (Wildman–Crippen LogP) is 2.60. The van der Waals surface area contributed by atoms with Crippen molar-refractivity contribution < 1.29 is 4.74 Å². The lowest BCUT2D eigenvalue weighted by Gasteiger charge is -2.05. The molecule has 0 saturated heterocycles. The maximum absolute atomic E-state index is 5.64. The van der Waals surface area contributed by atoms with E-state index in [1.54, 1.807) is 24.8 Å². The highest BCUT2D eigenvalue weighted by molar-refractivity contribution is 5.79. The van der Waals surface area contributed by atoms with Crippen LogP contribution in [0.5, 0.6) is 5.75 Å². The molecule has 1 aromatic carbocycles. The standard InChI is InChI=1S/C14H11N3O/c1-2-4-14-11(3-1)7-13(9-17-14)18-10-12-8-15-5-6-16-12/h1-9H,10H2. The third-order valence-electron chi connectivity index (χ3n) is 2.57. The number of hydrogen-bond acceptors (Lipinski definition) is 4. The van der Waals surface area contributed by atoms with Crippen molar-refractivity contribution in [3.63, 3.8) is 0 Å². The van der Waals surface area contributed by atoms with E-state index in [1.807, 2.05) is 30.3 Å². The first-order chi connectivity index (χ1) is 8.92. The Morgan fingerprint density at radius 3 is 2.83 bits per heavy atom. The minimum absolute atomic E-state index is 0.397. The lowest BCUT2D eigenvalue weighted by atomic mass is 10.2. The summed E-state index contributed by atoms with van der Waals surface area (Å²) in [4.78, 5) is 12.5. The first-order valence-electron chi connectivity index (χ1n) is 5.64. The van der Waals surface area contributed by atoms with Crippen LogP contribution in [0.3, 0.4) is 0 Å². The summed E-state index contributed by atoms with van der Waals surface area (Å²) in [6.07, 6.45) is 6.70. The maximum Gasteiger partial charge on any atom is 0.138 e. The summed E-state index contributed by atoms with van der Waals surface area (Å²) in [6.45, 7) is 0.397. The molecule has 0 saturated carbocycles. The minimum Gasteiger partial charge on any atom is -0.486 e. The number of fused-ring (bicyclic) bond motifs is 1. The molecule has 4 heteroatoms. The fraction of sp³-hybridized carbons (Fsp3) is 0.0714. The molecule has 88 valence electrons. The number of aromatic nitrogens is 3. The molecule has 18 heavy (non-hydrogen) atoms. The number of nitrogens with zero attached hydrogens (tertiary/aromatic N) is 3. The summed E-state index contributed by atoms with van der Waals surface area (Å²) in [5.74, 6) is 0.736. The summed E-state index contributed by atoms with van der Waals surface area (Å²) in [6, 6.07) is 9.91. The molecule has 4 nitrogen and oxygen atoms in total.